The first-order valence-corrected chi connectivity index (χ1v) is 7.98. The summed E-state index contributed by atoms with van der Waals surface area (Å²) in [5.74, 6) is 0.501. The Kier molecular flexibility index (Phi) is 3.82. The number of rotatable bonds is 4. The summed E-state index contributed by atoms with van der Waals surface area (Å²) < 4.78 is 11.0. The molecule has 1 amide bonds. The van der Waals surface area contributed by atoms with Gasteiger partial charge in [-0.1, -0.05) is 53.7 Å². The van der Waals surface area contributed by atoms with Crippen LogP contribution in [0.25, 0.3) is 11.0 Å². The van der Waals surface area contributed by atoms with E-state index in [1.165, 1.54) is 0 Å². The van der Waals surface area contributed by atoms with Crippen LogP contribution in [0.1, 0.15) is 33.6 Å². The number of aromatic nitrogens is 1. The maximum atomic E-state index is 12.5. The predicted molar refractivity (Wildman–Crippen MR) is 93.2 cm³/mol. The standard InChI is InChI=1S/C20H16N2O3/c1-13-11-18(25-22-13)20(23)21-19(14-7-3-2-4-8-14)17-12-15-9-5-6-10-16(15)24-17/h2-12,19H,1H3,(H,21,23). The summed E-state index contributed by atoms with van der Waals surface area (Å²) in [4.78, 5) is 12.5. The molecule has 0 aliphatic carbocycles. The number of fused-ring (bicyclic) bond motifs is 1. The lowest BCUT2D eigenvalue weighted by Crippen LogP contribution is -2.28. The minimum absolute atomic E-state index is 0.176. The molecule has 2 aromatic carbocycles. The van der Waals surface area contributed by atoms with E-state index in [2.05, 4.69) is 10.5 Å². The first-order valence-electron chi connectivity index (χ1n) is 7.98. The fourth-order valence-electron chi connectivity index (χ4n) is 2.78. The molecule has 25 heavy (non-hydrogen) atoms. The van der Waals surface area contributed by atoms with Crippen LogP contribution in [0, 0.1) is 6.92 Å². The predicted octanol–water partition coefficient (Wildman–Crippen LogP) is 4.25. The summed E-state index contributed by atoms with van der Waals surface area (Å²) in [6.07, 6.45) is 0. The number of amides is 1. The maximum absolute atomic E-state index is 12.5. The quantitative estimate of drug-likeness (QED) is 0.606. The molecule has 0 saturated heterocycles. The molecule has 0 aliphatic heterocycles. The Hall–Kier alpha value is -3.34. The van der Waals surface area contributed by atoms with E-state index in [1.807, 2.05) is 60.7 Å². The summed E-state index contributed by atoms with van der Waals surface area (Å²) in [6, 6.07) is 20.6. The van der Waals surface area contributed by atoms with Gasteiger partial charge < -0.3 is 14.3 Å². The van der Waals surface area contributed by atoms with Crippen LogP contribution in [0.2, 0.25) is 0 Å². The van der Waals surface area contributed by atoms with Gasteiger partial charge in [0, 0.05) is 11.5 Å². The molecule has 0 aliphatic rings. The van der Waals surface area contributed by atoms with Crippen molar-refractivity contribution in [2.75, 3.05) is 0 Å². The van der Waals surface area contributed by atoms with Gasteiger partial charge in [-0.2, -0.15) is 0 Å². The van der Waals surface area contributed by atoms with Gasteiger partial charge in [0.05, 0.1) is 5.69 Å². The normalized spacial score (nSPS) is 12.2. The smallest absolute Gasteiger partial charge is 0.290 e. The van der Waals surface area contributed by atoms with E-state index in [4.69, 9.17) is 8.94 Å². The Balaban J connectivity index is 1.72. The molecule has 5 heteroatoms. The SMILES string of the molecule is Cc1cc(C(=O)NC(c2ccccc2)c2cc3ccccc3o2)on1. The van der Waals surface area contributed by atoms with Crippen molar-refractivity contribution in [3.8, 4) is 0 Å². The van der Waals surface area contributed by atoms with Crippen LogP contribution in [-0.4, -0.2) is 11.1 Å². The van der Waals surface area contributed by atoms with Crippen LogP contribution in [-0.2, 0) is 0 Å². The van der Waals surface area contributed by atoms with Crippen LogP contribution in [0.4, 0.5) is 0 Å². The van der Waals surface area contributed by atoms with Gasteiger partial charge in [-0.15, -0.1) is 0 Å². The van der Waals surface area contributed by atoms with Gasteiger partial charge in [0.2, 0.25) is 5.76 Å². The Morgan fingerprint density at radius 1 is 1.04 bits per heavy atom. The van der Waals surface area contributed by atoms with Crippen molar-refractivity contribution in [2.24, 2.45) is 0 Å². The molecule has 2 heterocycles. The summed E-state index contributed by atoms with van der Waals surface area (Å²) in [6.45, 7) is 1.77. The molecule has 124 valence electrons. The maximum Gasteiger partial charge on any atom is 0.290 e. The highest BCUT2D eigenvalue weighted by Gasteiger charge is 2.23. The summed E-state index contributed by atoms with van der Waals surface area (Å²) in [7, 11) is 0. The van der Waals surface area contributed by atoms with E-state index >= 15 is 0 Å². The van der Waals surface area contributed by atoms with E-state index in [1.54, 1.807) is 13.0 Å². The second-order valence-electron chi connectivity index (χ2n) is 5.84. The molecule has 0 saturated carbocycles. The average Bonchev–Trinajstić information content (AvgIpc) is 3.26. The van der Waals surface area contributed by atoms with E-state index in [0.29, 0.717) is 11.5 Å². The molecule has 0 radical (unpaired) electrons. The van der Waals surface area contributed by atoms with Crippen LogP contribution < -0.4 is 5.32 Å². The van der Waals surface area contributed by atoms with Crippen molar-refractivity contribution in [2.45, 2.75) is 13.0 Å². The number of carbonyl (C=O) groups excluding carboxylic acids is 1. The van der Waals surface area contributed by atoms with Gasteiger partial charge >= 0.3 is 0 Å². The average molecular weight is 332 g/mol. The summed E-state index contributed by atoms with van der Waals surface area (Å²) in [5.41, 5.74) is 2.36. The molecule has 0 spiro atoms. The fourth-order valence-corrected chi connectivity index (χ4v) is 2.78. The number of carbonyl (C=O) groups is 1. The zero-order valence-corrected chi connectivity index (χ0v) is 13.6. The Labute approximate surface area is 144 Å². The number of nitrogens with one attached hydrogen (secondary N) is 1. The third-order valence-electron chi connectivity index (χ3n) is 3.99. The summed E-state index contributed by atoms with van der Waals surface area (Å²) in [5, 5.41) is 7.73. The third kappa shape index (κ3) is 3.04. The van der Waals surface area contributed by atoms with Crippen molar-refractivity contribution >= 4 is 16.9 Å². The number of hydrogen-bond donors (Lipinski definition) is 1. The number of furan rings is 1. The molecule has 1 N–H and O–H groups in total. The minimum atomic E-state index is -0.425. The third-order valence-corrected chi connectivity index (χ3v) is 3.99. The number of para-hydroxylation sites is 1. The van der Waals surface area contributed by atoms with E-state index in [0.717, 1.165) is 16.5 Å². The van der Waals surface area contributed by atoms with E-state index in [9.17, 15) is 4.79 Å². The fraction of sp³-hybridized carbons (Fsp3) is 0.100. The summed E-state index contributed by atoms with van der Waals surface area (Å²) >= 11 is 0. The van der Waals surface area contributed by atoms with E-state index in [-0.39, 0.29) is 11.7 Å². The molecule has 1 atom stereocenters. The van der Waals surface area contributed by atoms with Crippen molar-refractivity contribution < 1.29 is 13.7 Å². The van der Waals surface area contributed by atoms with Crippen molar-refractivity contribution in [3.05, 3.63) is 89.5 Å². The molecule has 5 nitrogen and oxygen atoms in total. The topological polar surface area (TPSA) is 68.3 Å². The molecule has 4 rings (SSSR count). The number of hydrogen-bond acceptors (Lipinski definition) is 4. The molecule has 4 aromatic rings. The van der Waals surface area contributed by atoms with Gasteiger partial charge in [-0.3, -0.25) is 4.79 Å². The van der Waals surface area contributed by atoms with Crippen LogP contribution in [0.15, 0.2) is 75.7 Å². The second kappa shape index (κ2) is 6.28. The number of aryl methyl sites for hydroxylation is 1. The Bertz CT molecular complexity index is 985. The van der Waals surface area contributed by atoms with Crippen molar-refractivity contribution in [1.29, 1.82) is 0 Å². The van der Waals surface area contributed by atoms with Gasteiger partial charge in [0.15, 0.2) is 0 Å². The zero-order valence-electron chi connectivity index (χ0n) is 13.6. The van der Waals surface area contributed by atoms with Gasteiger partial charge in [0.1, 0.15) is 17.4 Å². The highest BCUT2D eigenvalue weighted by molar-refractivity contribution is 5.92. The molecule has 2 aromatic heterocycles. The Morgan fingerprint density at radius 2 is 1.80 bits per heavy atom. The second-order valence-corrected chi connectivity index (χ2v) is 5.84. The highest BCUT2D eigenvalue weighted by Crippen LogP contribution is 2.28. The monoisotopic (exact) mass is 332 g/mol. The molecular formula is C20H16N2O3. The van der Waals surface area contributed by atoms with Crippen molar-refractivity contribution in [1.82, 2.24) is 10.5 Å². The molecule has 0 bridgehead atoms. The van der Waals surface area contributed by atoms with Crippen molar-refractivity contribution in [3.63, 3.8) is 0 Å². The lowest BCUT2D eigenvalue weighted by molar-refractivity contribution is 0.0902. The lowest BCUT2D eigenvalue weighted by Gasteiger charge is -2.16. The van der Waals surface area contributed by atoms with Gasteiger partial charge in [-0.05, 0) is 24.6 Å². The van der Waals surface area contributed by atoms with Crippen LogP contribution >= 0.6 is 0 Å². The molecule has 1 unspecified atom stereocenters. The number of nitrogens with zero attached hydrogens (tertiary/aromatic N) is 1. The first-order chi connectivity index (χ1) is 12.2. The molecular weight excluding hydrogens is 316 g/mol. The van der Waals surface area contributed by atoms with E-state index < -0.39 is 6.04 Å². The zero-order chi connectivity index (χ0) is 17.2. The lowest BCUT2D eigenvalue weighted by atomic mass is 10.0. The number of benzene rings is 2. The first kappa shape index (κ1) is 15.2. The highest BCUT2D eigenvalue weighted by atomic mass is 16.5. The molecule has 0 fully saturated rings. The largest absolute Gasteiger partial charge is 0.459 e. The van der Waals surface area contributed by atoms with Gasteiger partial charge in [0.25, 0.3) is 5.91 Å². The van der Waals surface area contributed by atoms with Gasteiger partial charge in [-0.25, -0.2) is 0 Å². The minimum Gasteiger partial charge on any atom is -0.459 e. The Morgan fingerprint density at radius 3 is 2.52 bits per heavy atom. The van der Waals surface area contributed by atoms with Crippen LogP contribution in [0.3, 0.4) is 0 Å². The van der Waals surface area contributed by atoms with Crippen LogP contribution in [0.5, 0.6) is 0 Å².